The molecule has 0 fully saturated rings. The van der Waals surface area contributed by atoms with Crippen molar-refractivity contribution in [2.45, 2.75) is 0 Å². The molecule has 0 N–H and O–H groups in total. The Morgan fingerprint density at radius 2 is 0.463 bits per heavy atom. The van der Waals surface area contributed by atoms with Gasteiger partial charge in [-0.15, -0.1) is 0 Å². The number of hydrogen-bond acceptors (Lipinski definition) is 0. The van der Waals surface area contributed by atoms with Crippen LogP contribution in [-0.4, -0.2) is 0 Å². The van der Waals surface area contributed by atoms with Crippen LogP contribution in [0.1, 0.15) is 0 Å². The van der Waals surface area contributed by atoms with E-state index >= 15 is 0 Å². The highest BCUT2D eigenvalue weighted by Crippen LogP contribution is 2.44. The molecule has 0 aliphatic rings. The van der Waals surface area contributed by atoms with Crippen molar-refractivity contribution >= 4 is 32.3 Å². The zero-order valence-corrected chi connectivity index (χ0v) is 29.8. The van der Waals surface area contributed by atoms with E-state index in [2.05, 4.69) is 218 Å². The molecule has 0 spiro atoms. The van der Waals surface area contributed by atoms with Crippen LogP contribution in [-0.2, 0) is 0 Å². The monoisotopic (exact) mass is 684 g/mol. The minimum atomic E-state index is 1.21. The summed E-state index contributed by atoms with van der Waals surface area (Å²) in [5, 5.41) is 7.57. The molecule has 0 bridgehead atoms. The van der Waals surface area contributed by atoms with Gasteiger partial charge in [-0.2, -0.15) is 0 Å². The Balaban J connectivity index is 1.01. The van der Waals surface area contributed by atoms with E-state index in [1.54, 1.807) is 0 Å². The van der Waals surface area contributed by atoms with E-state index < -0.39 is 0 Å². The highest BCUT2D eigenvalue weighted by atomic mass is 14.2. The van der Waals surface area contributed by atoms with Crippen LogP contribution in [0, 0.1) is 0 Å². The summed E-state index contributed by atoms with van der Waals surface area (Å²) in [4.78, 5) is 0. The Hall–Kier alpha value is -7.02. The predicted molar refractivity (Wildman–Crippen MR) is 232 cm³/mol. The Bertz CT molecular complexity index is 2910. The highest BCUT2D eigenvalue weighted by molar-refractivity contribution is 6.21. The minimum absolute atomic E-state index is 1.21. The fourth-order valence-electron chi connectivity index (χ4n) is 8.20. The van der Waals surface area contributed by atoms with E-state index in [1.807, 2.05) is 0 Å². The van der Waals surface area contributed by atoms with Crippen LogP contribution in [0.25, 0.3) is 99.1 Å². The normalized spacial score (nSPS) is 11.3. The average Bonchev–Trinajstić information content (AvgIpc) is 3.26. The summed E-state index contributed by atoms with van der Waals surface area (Å²) < 4.78 is 0. The lowest BCUT2D eigenvalue weighted by atomic mass is 9.85. The second-order valence-corrected chi connectivity index (χ2v) is 14.1. The van der Waals surface area contributed by atoms with Crippen molar-refractivity contribution in [2.75, 3.05) is 0 Å². The molecule has 0 saturated carbocycles. The lowest BCUT2D eigenvalue weighted by Crippen LogP contribution is -1.91. The molecule has 10 aromatic rings. The van der Waals surface area contributed by atoms with Crippen molar-refractivity contribution in [3.63, 3.8) is 0 Å². The third-order valence-electron chi connectivity index (χ3n) is 10.8. The molecule has 0 unspecified atom stereocenters. The van der Waals surface area contributed by atoms with Gasteiger partial charge in [0, 0.05) is 0 Å². The minimum Gasteiger partial charge on any atom is -0.0622 e. The second-order valence-electron chi connectivity index (χ2n) is 14.1. The van der Waals surface area contributed by atoms with Crippen LogP contribution in [0.4, 0.5) is 0 Å². The second kappa shape index (κ2) is 13.5. The molecule has 0 atom stereocenters. The maximum Gasteiger partial charge on any atom is -0.00262 e. The molecule has 54 heavy (non-hydrogen) atoms. The van der Waals surface area contributed by atoms with Gasteiger partial charge in [0.15, 0.2) is 0 Å². The number of benzene rings is 10. The molecule has 0 amide bonds. The Kier molecular flexibility index (Phi) is 7.93. The lowest BCUT2D eigenvalue weighted by molar-refractivity contribution is 1.57. The van der Waals surface area contributed by atoms with Crippen LogP contribution >= 0.6 is 0 Å². The molecular formula is C54H36. The van der Waals surface area contributed by atoms with Crippen molar-refractivity contribution in [3.05, 3.63) is 218 Å². The first kappa shape index (κ1) is 31.7. The van der Waals surface area contributed by atoms with Gasteiger partial charge in [0.05, 0.1) is 0 Å². The van der Waals surface area contributed by atoms with Crippen molar-refractivity contribution in [1.82, 2.24) is 0 Å². The third kappa shape index (κ3) is 5.75. The van der Waals surface area contributed by atoms with Crippen molar-refractivity contribution in [2.24, 2.45) is 0 Å². The summed E-state index contributed by atoms with van der Waals surface area (Å²) in [6.07, 6.45) is 0. The van der Waals surface area contributed by atoms with Gasteiger partial charge in [-0.25, -0.2) is 0 Å². The van der Waals surface area contributed by atoms with Gasteiger partial charge in [0.25, 0.3) is 0 Å². The Morgan fingerprint density at radius 3 is 0.907 bits per heavy atom. The smallest absolute Gasteiger partial charge is 0.00262 e. The number of fused-ring (bicyclic) bond motifs is 3. The SMILES string of the molecule is c1ccc(-c2cccc(-c3cccc(-c4cccc(-c5ccc6cc(-c7c8ccccc8c(-c8ccccc8)c8ccccc78)ccc6c5)c4)c3)c2)cc1. The van der Waals surface area contributed by atoms with E-state index in [0.717, 1.165) is 0 Å². The quantitative estimate of drug-likeness (QED) is 0.153. The average molecular weight is 685 g/mol. The van der Waals surface area contributed by atoms with Crippen LogP contribution in [0.15, 0.2) is 218 Å². The molecule has 0 heteroatoms. The van der Waals surface area contributed by atoms with Gasteiger partial charge in [-0.3, -0.25) is 0 Å². The lowest BCUT2D eigenvalue weighted by Gasteiger charge is -2.18. The van der Waals surface area contributed by atoms with E-state index in [-0.39, 0.29) is 0 Å². The Morgan fingerprint density at radius 1 is 0.167 bits per heavy atom. The van der Waals surface area contributed by atoms with Crippen molar-refractivity contribution in [3.8, 4) is 66.8 Å². The summed E-state index contributed by atoms with van der Waals surface area (Å²) in [5.41, 5.74) is 14.8. The van der Waals surface area contributed by atoms with Crippen LogP contribution in [0.2, 0.25) is 0 Å². The zero-order chi connectivity index (χ0) is 35.8. The first-order chi connectivity index (χ1) is 26.8. The molecule has 0 saturated heterocycles. The standard InChI is InChI=1S/C54H36/c1-3-14-37(15-4-1)39-18-11-19-40(32-39)41-20-12-21-42(33-41)43-22-13-23-44(34-43)45-28-29-47-36-48(31-30-46(47)35-45)54-51-26-9-7-24-49(51)53(38-16-5-2-6-17-38)50-25-8-10-27-52(50)54/h1-36H. The zero-order valence-electron chi connectivity index (χ0n) is 29.8. The van der Waals surface area contributed by atoms with Crippen LogP contribution in [0.3, 0.4) is 0 Å². The first-order valence-corrected chi connectivity index (χ1v) is 18.7. The molecule has 252 valence electrons. The van der Waals surface area contributed by atoms with Crippen molar-refractivity contribution in [1.29, 1.82) is 0 Å². The van der Waals surface area contributed by atoms with Gasteiger partial charge in [0.2, 0.25) is 0 Å². The molecular weight excluding hydrogens is 649 g/mol. The molecule has 0 heterocycles. The maximum absolute atomic E-state index is 2.37. The van der Waals surface area contributed by atoms with Gasteiger partial charge in [-0.05, 0) is 129 Å². The van der Waals surface area contributed by atoms with Crippen molar-refractivity contribution < 1.29 is 0 Å². The summed E-state index contributed by atoms with van der Waals surface area (Å²) in [6.45, 7) is 0. The van der Waals surface area contributed by atoms with E-state index in [0.29, 0.717) is 0 Å². The molecule has 10 rings (SSSR count). The van der Waals surface area contributed by atoms with Gasteiger partial charge in [0.1, 0.15) is 0 Å². The highest BCUT2D eigenvalue weighted by Gasteiger charge is 2.17. The van der Waals surface area contributed by atoms with Crippen LogP contribution in [0.5, 0.6) is 0 Å². The summed E-state index contributed by atoms with van der Waals surface area (Å²) in [7, 11) is 0. The van der Waals surface area contributed by atoms with Crippen LogP contribution < -0.4 is 0 Å². The van der Waals surface area contributed by atoms with Gasteiger partial charge in [-0.1, -0.05) is 188 Å². The topological polar surface area (TPSA) is 0 Å². The largest absolute Gasteiger partial charge is 0.0622 e. The molecule has 0 aromatic heterocycles. The van der Waals surface area contributed by atoms with E-state index in [1.165, 1.54) is 99.1 Å². The van der Waals surface area contributed by atoms with Gasteiger partial charge < -0.3 is 0 Å². The summed E-state index contributed by atoms with van der Waals surface area (Å²) >= 11 is 0. The molecule has 0 radical (unpaired) electrons. The molecule has 10 aromatic carbocycles. The van der Waals surface area contributed by atoms with Gasteiger partial charge >= 0.3 is 0 Å². The first-order valence-electron chi connectivity index (χ1n) is 18.7. The molecule has 0 aliphatic heterocycles. The molecule has 0 nitrogen and oxygen atoms in total. The number of hydrogen-bond donors (Lipinski definition) is 0. The third-order valence-corrected chi connectivity index (χ3v) is 10.8. The molecule has 0 aliphatic carbocycles. The fraction of sp³-hybridized carbons (Fsp3) is 0. The van der Waals surface area contributed by atoms with E-state index in [9.17, 15) is 0 Å². The Labute approximate surface area is 316 Å². The summed E-state index contributed by atoms with van der Waals surface area (Å²) in [6, 6.07) is 79.6. The fourth-order valence-corrected chi connectivity index (χ4v) is 8.20. The summed E-state index contributed by atoms with van der Waals surface area (Å²) in [5.74, 6) is 0. The number of rotatable bonds is 6. The predicted octanol–water partition coefficient (Wildman–Crippen LogP) is 15.1. The van der Waals surface area contributed by atoms with E-state index in [4.69, 9.17) is 0 Å². The maximum atomic E-state index is 2.37.